The molecule has 2 rings (SSSR count). The van der Waals surface area contributed by atoms with Gasteiger partial charge in [0.05, 0.1) is 6.10 Å². The molecule has 1 amide bonds. The van der Waals surface area contributed by atoms with Crippen molar-refractivity contribution < 1.29 is 9.53 Å². The molecule has 0 fully saturated rings. The average molecular weight is 364 g/mol. The van der Waals surface area contributed by atoms with Crippen LogP contribution in [0.5, 0.6) is 5.75 Å². The van der Waals surface area contributed by atoms with E-state index < -0.39 is 0 Å². The Hall–Kier alpha value is -1.97. The third-order valence-corrected chi connectivity index (χ3v) is 3.68. The summed E-state index contributed by atoms with van der Waals surface area (Å²) in [6.45, 7) is 4.37. The zero-order chi connectivity index (χ0) is 17.5. The van der Waals surface area contributed by atoms with Crippen LogP contribution < -0.4 is 10.1 Å². The summed E-state index contributed by atoms with van der Waals surface area (Å²) in [7, 11) is 0. The Morgan fingerprint density at radius 3 is 2.71 bits per heavy atom. The maximum absolute atomic E-state index is 11.9. The van der Waals surface area contributed by atoms with Crippen molar-refractivity contribution in [3.63, 3.8) is 0 Å². The maximum Gasteiger partial charge on any atom is 0.244 e. The van der Waals surface area contributed by atoms with Gasteiger partial charge in [-0.05, 0) is 55.3 Å². The molecule has 3 nitrogen and oxygen atoms in total. The Bertz CT molecular complexity index is 742. The van der Waals surface area contributed by atoms with Crippen LogP contribution in [0.25, 0.3) is 6.08 Å². The van der Waals surface area contributed by atoms with Crippen LogP contribution in [0.4, 0.5) is 0 Å². The van der Waals surface area contributed by atoms with E-state index in [1.165, 1.54) is 6.08 Å². The monoisotopic (exact) mass is 363 g/mol. The molecule has 0 aliphatic rings. The molecule has 0 heterocycles. The van der Waals surface area contributed by atoms with Gasteiger partial charge < -0.3 is 10.1 Å². The molecule has 0 spiro atoms. The minimum Gasteiger partial charge on any atom is -0.491 e. The van der Waals surface area contributed by atoms with E-state index in [1.807, 2.05) is 38.1 Å². The molecule has 0 aliphatic heterocycles. The standard InChI is InChI=1S/C19H19Cl2NO2/c1-13(2)24-17-5-3-4-14(10-17)12-22-19(23)9-7-15-6-8-16(20)11-18(15)21/h3-11,13H,12H2,1-2H3,(H,22,23)/b9-7+. The van der Waals surface area contributed by atoms with Crippen LogP contribution in [0.15, 0.2) is 48.5 Å². The minimum atomic E-state index is -0.198. The zero-order valence-corrected chi connectivity index (χ0v) is 15.1. The highest BCUT2D eigenvalue weighted by Gasteiger charge is 2.02. The first-order chi connectivity index (χ1) is 11.4. The molecule has 126 valence electrons. The van der Waals surface area contributed by atoms with Gasteiger partial charge in [0.25, 0.3) is 0 Å². The van der Waals surface area contributed by atoms with Crippen LogP contribution in [0.3, 0.4) is 0 Å². The fourth-order valence-corrected chi connectivity index (χ4v) is 2.52. The van der Waals surface area contributed by atoms with Gasteiger partial charge in [-0.15, -0.1) is 0 Å². The number of benzene rings is 2. The number of rotatable bonds is 6. The van der Waals surface area contributed by atoms with Gasteiger partial charge in [0.2, 0.25) is 5.91 Å². The van der Waals surface area contributed by atoms with Crippen LogP contribution in [0, 0.1) is 0 Å². The molecule has 1 N–H and O–H groups in total. The second kappa shape index (κ2) is 8.76. The van der Waals surface area contributed by atoms with E-state index >= 15 is 0 Å². The molecule has 24 heavy (non-hydrogen) atoms. The summed E-state index contributed by atoms with van der Waals surface area (Å²) in [5, 5.41) is 3.90. The highest BCUT2D eigenvalue weighted by atomic mass is 35.5. The van der Waals surface area contributed by atoms with E-state index in [0.717, 1.165) is 16.9 Å². The van der Waals surface area contributed by atoms with Crippen LogP contribution in [0.1, 0.15) is 25.0 Å². The molecule has 0 bridgehead atoms. The van der Waals surface area contributed by atoms with Crippen molar-refractivity contribution in [2.45, 2.75) is 26.5 Å². The first kappa shape index (κ1) is 18.4. The minimum absolute atomic E-state index is 0.113. The summed E-state index contributed by atoms with van der Waals surface area (Å²) in [5.74, 6) is 0.594. The van der Waals surface area contributed by atoms with E-state index in [1.54, 1.807) is 24.3 Å². The van der Waals surface area contributed by atoms with Gasteiger partial charge in [-0.25, -0.2) is 0 Å². The lowest BCUT2D eigenvalue weighted by Gasteiger charge is -2.11. The Labute approximate surface area is 152 Å². The van der Waals surface area contributed by atoms with Crippen LogP contribution in [-0.2, 0) is 11.3 Å². The molecular weight excluding hydrogens is 345 g/mol. The Balaban J connectivity index is 1.92. The van der Waals surface area contributed by atoms with E-state index in [2.05, 4.69) is 5.32 Å². The molecule has 0 aliphatic carbocycles. The van der Waals surface area contributed by atoms with Gasteiger partial charge in [-0.2, -0.15) is 0 Å². The molecule has 0 saturated carbocycles. The summed E-state index contributed by atoms with van der Waals surface area (Å²) >= 11 is 11.9. The number of nitrogens with one attached hydrogen (secondary N) is 1. The first-order valence-electron chi connectivity index (χ1n) is 7.60. The van der Waals surface area contributed by atoms with Crippen molar-refractivity contribution in [3.8, 4) is 5.75 Å². The Morgan fingerprint density at radius 2 is 2.00 bits per heavy atom. The molecule has 2 aromatic carbocycles. The lowest BCUT2D eigenvalue weighted by atomic mass is 10.2. The van der Waals surface area contributed by atoms with E-state index in [-0.39, 0.29) is 12.0 Å². The summed E-state index contributed by atoms with van der Waals surface area (Å²) in [6.07, 6.45) is 3.22. The van der Waals surface area contributed by atoms with Crippen molar-refractivity contribution in [3.05, 3.63) is 69.7 Å². The van der Waals surface area contributed by atoms with Gasteiger partial charge >= 0.3 is 0 Å². The lowest BCUT2D eigenvalue weighted by Crippen LogP contribution is -2.20. The molecular formula is C19H19Cl2NO2. The van der Waals surface area contributed by atoms with Gasteiger partial charge in [0, 0.05) is 22.7 Å². The topological polar surface area (TPSA) is 38.3 Å². The van der Waals surface area contributed by atoms with Crippen molar-refractivity contribution in [2.24, 2.45) is 0 Å². The van der Waals surface area contributed by atoms with Gasteiger partial charge in [-0.3, -0.25) is 4.79 Å². The Morgan fingerprint density at radius 1 is 1.21 bits per heavy atom. The number of amides is 1. The third-order valence-electron chi connectivity index (χ3n) is 3.11. The smallest absolute Gasteiger partial charge is 0.244 e. The van der Waals surface area contributed by atoms with E-state index in [0.29, 0.717) is 16.6 Å². The van der Waals surface area contributed by atoms with Crippen LogP contribution in [-0.4, -0.2) is 12.0 Å². The number of ether oxygens (including phenoxy) is 1. The average Bonchev–Trinajstić information content (AvgIpc) is 2.52. The highest BCUT2D eigenvalue weighted by Crippen LogP contribution is 2.22. The third kappa shape index (κ3) is 5.91. The normalized spacial score (nSPS) is 11.0. The van der Waals surface area contributed by atoms with E-state index in [4.69, 9.17) is 27.9 Å². The van der Waals surface area contributed by atoms with Crippen molar-refractivity contribution in [1.29, 1.82) is 0 Å². The van der Waals surface area contributed by atoms with Gasteiger partial charge in [0.15, 0.2) is 0 Å². The molecule has 5 heteroatoms. The largest absolute Gasteiger partial charge is 0.491 e. The lowest BCUT2D eigenvalue weighted by molar-refractivity contribution is -0.116. The summed E-state index contributed by atoms with van der Waals surface area (Å²) in [4.78, 5) is 11.9. The summed E-state index contributed by atoms with van der Waals surface area (Å²) in [5.41, 5.74) is 1.71. The van der Waals surface area contributed by atoms with Crippen molar-refractivity contribution in [2.75, 3.05) is 0 Å². The second-order valence-electron chi connectivity index (χ2n) is 5.53. The van der Waals surface area contributed by atoms with E-state index in [9.17, 15) is 4.79 Å². The zero-order valence-electron chi connectivity index (χ0n) is 13.6. The van der Waals surface area contributed by atoms with Crippen LogP contribution in [0.2, 0.25) is 10.0 Å². The summed E-state index contributed by atoms with van der Waals surface area (Å²) < 4.78 is 5.64. The SMILES string of the molecule is CC(C)Oc1cccc(CNC(=O)/C=C/c2ccc(Cl)cc2Cl)c1. The second-order valence-corrected chi connectivity index (χ2v) is 6.37. The maximum atomic E-state index is 11.9. The highest BCUT2D eigenvalue weighted by molar-refractivity contribution is 6.35. The number of halogens is 2. The number of carbonyl (C=O) groups is 1. The summed E-state index contributed by atoms with van der Waals surface area (Å²) in [6, 6.07) is 12.8. The fourth-order valence-electron chi connectivity index (χ4n) is 2.05. The van der Waals surface area contributed by atoms with Crippen molar-refractivity contribution >= 4 is 35.2 Å². The molecule has 0 unspecified atom stereocenters. The molecule has 0 radical (unpaired) electrons. The van der Waals surface area contributed by atoms with Gasteiger partial charge in [-0.1, -0.05) is 41.4 Å². The first-order valence-corrected chi connectivity index (χ1v) is 8.36. The van der Waals surface area contributed by atoms with Gasteiger partial charge in [0.1, 0.15) is 5.75 Å². The molecule has 0 aromatic heterocycles. The van der Waals surface area contributed by atoms with Crippen LogP contribution >= 0.6 is 23.2 Å². The predicted molar refractivity (Wildman–Crippen MR) is 99.5 cm³/mol. The number of carbonyl (C=O) groups excluding carboxylic acids is 1. The molecule has 0 saturated heterocycles. The fraction of sp³-hybridized carbons (Fsp3) is 0.211. The number of hydrogen-bond donors (Lipinski definition) is 1. The predicted octanol–water partition coefficient (Wildman–Crippen LogP) is 5.11. The molecule has 2 aromatic rings. The van der Waals surface area contributed by atoms with Crippen molar-refractivity contribution in [1.82, 2.24) is 5.32 Å². The number of hydrogen-bond acceptors (Lipinski definition) is 2. The quantitative estimate of drug-likeness (QED) is 0.724. The molecule has 0 atom stereocenters. The Kier molecular flexibility index (Phi) is 6.71.